The lowest BCUT2D eigenvalue weighted by atomic mass is 9.71. The molecule has 24 heavy (non-hydrogen) atoms. The molecule has 0 saturated carbocycles. The van der Waals surface area contributed by atoms with Crippen molar-refractivity contribution >= 4 is 21.9 Å². The number of esters is 1. The zero-order valence-electron chi connectivity index (χ0n) is 16.2. The Morgan fingerprint density at radius 1 is 1.29 bits per heavy atom. The highest BCUT2D eigenvalue weighted by atomic mass is 79.9. The average molecular weight is 397 g/mol. The molecule has 0 fully saturated rings. The first-order valence-electron chi connectivity index (χ1n) is 8.92. The summed E-state index contributed by atoms with van der Waals surface area (Å²) in [6.45, 7) is 11.2. The molecule has 0 saturated heterocycles. The highest BCUT2D eigenvalue weighted by molar-refractivity contribution is 9.09. The van der Waals surface area contributed by atoms with Gasteiger partial charge in [-0.05, 0) is 64.7 Å². The molecule has 0 N–H and O–H groups in total. The van der Waals surface area contributed by atoms with E-state index in [1.165, 1.54) is 25.5 Å². The lowest BCUT2D eigenvalue weighted by molar-refractivity contribution is -0.134. The Kier molecular flexibility index (Phi) is 8.49. The number of halogens is 1. The van der Waals surface area contributed by atoms with Crippen LogP contribution in [0.1, 0.15) is 73.1 Å². The molecule has 0 aliphatic heterocycles. The monoisotopic (exact) mass is 396 g/mol. The van der Waals surface area contributed by atoms with Crippen molar-refractivity contribution in [3.63, 3.8) is 0 Å². The van der Waals surface area contributed by atoms with Crippen LogP contribution in [-0.4, -0.2) is 17.9 Å². The van der Waals surface area contributed by atoms with Gasteiger partial charge in [0.2, 0.25) is 0 Å². The van der Waals surface area contributed by atoms with Crippen molar-refractivity contribution in [3.05, 3.63) is 34.4 Å². The van der Waals surface area contributed by atoms with Crippen molar-refractivity contribution in [2.75, 3.05) is 7.11 Å². The number of rotatable bonds is 7. The third-order valence-corrected chi connectivity index (χ3v) is 6.82. The van der Waals surface area contributed by atoms with Gasteiger partial charge in [-0.3, -0.25) is 0 Å². The summed E-state index contributed by atoms with van der Waals surface area (Å²) in [5.41, 5.74) is 5.97. The fourth-order valence-corrected chi connectivity index (χ4v) is 3.94. The van der Waals surface area contributed by atoms with Gasteiger partial charge in [0, 0.05) is 10.9 Å². The molecule has 0 aromatic heterocycles. The predicted octanol–water partition coefficient (Wildman–Crippen LogP) is 6.51. The van der Waals surface area contributed by atoms with Crippen molar-refractivity contribution < 1.29 is 9.53 Å². The molecular formula is C21H33BrO2. The van der Waals surface area contributed by atoms with Crippen molar-refractivity contribution in [2.24, 2.45) is 5.41 Å². The fraction of sp³-hybridized carbons (Fsp3) is 0.667. The lowest BCUT2D eigenvalue weighted by Crippen LogP contribution is -2.31. The van der Waals surface area contributed by atoms with E-state index in [0.717, 1.165) is 31.3 Å². The standard InChI is InChI=1S/C21H33BrO2/c1-15(8-7-9-16(2)14-20(23)24-6)10-12-18-17(3)11-13-19(22)21(18,4)5/h8,14,19H,7,9-13H2,1-6H3. The second-order valence-electron chi connectivity index (χ2n) is 7.59. The number of ether oxygens (including phenoxy) is 1. The van der Waals surface area contributed by atoms with E-state index in [0.29, 0.717) is 4.83 Å². The maximum absolute atomic E-state index is 11.2. The summed E-state index contributed by atoms with van der Waals surface area (Å²) in [6, 6.07) is 0. The van der Waals surface area contributed by atoms with Crippen LogP contribution in [0.5, 0.6) is 0 Å². The SMILES string of the molecule is COC(=O)C=C(C)CCC=C(C)CCC1=C(C)CCC(Br)C1(C)C. The lowest BCUT2D eigenvalue weighted by Gasteiger charge is -2.39. The Bertz CT molecular complexity index is 538. The second-order valence-corrected chi connectivity index (χ2v) is 8.70. The number of allylic oxidation sites excluding steroid dienone is 5. The number of carbonyl (C=O) groups excluding carboxylic acids is 1. The summed E-state index contributed by atoms with van der Waals surface area (Å²) in [5, 5.41) is 0. The summed E-state index contributed by atoms with van der Waals surface area (Å²) in [7, 11) is 1.41. The molecule has 2 nitrogen and oxygen atoms in total. The van der Waals surface area contributed by atoms with Gasteiger partial charge >= 0.3 is 5.97 Å². The molecule has 1 atom stereocenters. The maximum atomic E-state index is 11.2. The first-order valence-corrected chi connectivity index (χ1v) is 9.84. The third-order valence-electron chi connectivity index (χ3n) is 5.22. The minimum atomic E-state index is -0.264. The maximum Gasteiger partial charge on any atom is 0.330 e. The number of alkyl halides is 1. The van der Waals surface area contributed by atoms with Crippen molar-refractivity contribution in [2.45, 2.75) is 78.0 Å². The first-order chi connectivity index (χ1) is 11.2. The number of carbonyl (C=O) groups is 1. The van der Waals surface area contributed by atoms with Crippen LogP contribution < -0.4 is 0 Å². The smallest absolute Gasteiger partial charge is 0.330 e. The minimum absolute atomic E-state index is 0.252. The predicted molar refractivity (Wildman–Crippen MR) is 106 cm³/mol. The highest BCUT2D eigenvalue weighted by Gasteiger charge is 2.35. The van der Waals surface area contributed by atoms with Gasteiger partial charge in [0.1, 0.15) is 0 Å². The Hall–Kier alpha value is -0.830. The molecule has 1 aliphatic carbocycles. The van der Waals surface area contributed by atoms with Crippen LogP contribution in [0, 0.1) is 5.41 Å². The van der Waals surface area contributed by atoms with Gasteiger partial charge < -0.3 is 4.74 Å². The molecule has 0 aromatic carbocycles. The summed E-state index contributed by atoms with van der Waals surface area (Å²) in [6.07, 6.45) is 10.5. The summed E-state index contributed by atoms with van der Waals surface area (Å²) in [4.78, 5) is 11.8. The number of methoxy groups -OCH3 is 1. The van der Waals surface area contributed by atoms with Crippen LogP contribution in [0.2, 0.25) is 0 Å². The second kappa shape index (κ2) is 9.60. The largest absolute Gasteiger partial charge is 0.466 e. The summed E-state index contributed by atoms with van der Waals surface area (Å²) in [5.74, 6) is -0.264. The first kappa shape index (κ1) is 21.2. The molecule has 3 heteroatoms. The van der Waals surface area contributed by atoms with Gasteiger partial charge in [-0.25, -0.2) is 4.79 Å². The Morgan fingerprint density at radius 2 is 1.96 bits per heavy atom. The molecule has 0 aromatic rings. The van der Waals surface area contributed by atoms with Crippen molar-refractivity contribution in [3.8, 4) is 0 Å². The summed E-state index contributed by atoms with van der Waals surface area (Å²) < 4.78 is 4.65. The van der Waals surface area contributed by atoms with E-state index < -0.39 is 0 Å². The molecule has 1 aliphatic rings. The minimum Gasteiger partial charge on any atom is -0.466 e. The van der Waals surface area contributed by atoms with Crippen LogP contribution in [0.4, 0.5) is 0 Å². The summed E-state index contributed by atoms with van der Waals surface area (Å²) >= 11 is 3.88. The van der Waals surface area contributed by atoms with Crippen LogP contribution in [-0.2, 0) is 9.53 Å². The zero-order valence-corrected chi connectivity index (χ0v) is 17.8. The molecule has 0 heterocycles. The molecule has 1 rings (SSSR count). The molecule has 0 spiro atoms. The molecule has 0 bridgehead atoms. The van der Waals surface area contributed by atoms with E-state index >= 15 is 0 Å². The van der Waals surface area contributed by atoms with Crippen LogP contribution >= 0.6 is 15.9 Å². The molecule has 136 valence electrons. The molecule has 0 radical (unpaired) electrons. The highest BCUT2D eigenvalue weighted by Crippen LogP contribution is 2.46. The molecular weight excluding hydrogens is 364 g/mol. The van der Waals surface area contributed by atoms with Gasteiger partial charge in [-0.15, -0.1) is 0 Å². The topological polar surface area (TPSA) is 26.3 Å². The van der Waals surface area contributed by atoms with Crippen molar-refractivity contribution in [1.82, 2.24) is 0 Å². The normalized spacial score (nSPS) is 21.9. The van der Waals surface area contributed by atoms with E-state index in [2.05, 4.69) is 54.4 Å². The van der Waals surface area contributed by atoms with Crippen LogP contribution in [0.25, 0.3) is 0 Å². The quantitative estimate of drug-likeness (QED) is 0.212. The van der Waals surface area contributed by atoms with Gasteiger partial charge in [-0.1, -0.05) is 58.1 Å². The van der Waals surface area contributed by atoms with E-state index in [4.69, 9.17) is 0 Å². The van der Waals surface area contributed by atoms with Crippen molar-refractivity contribution in [1.29, 1.82) is 0 Å². The van der Waals surface area contributed by atoms with Gasteiger partial charge in [0.25, 0.3) is 0 Å². The van der Waals surface area contributed by atoms with Gasteiger partial charge in [0.05, 0.1) is 7.11 Å². The number of hydrogen-bond acceptors (Lipinski definition) is 2. The van der Waals surface area contributed by atoms with Crippen LogP contribution in [0.15, 0.2) is 34.4 Å². The Morgan fingerprint density at radius 3 is 2.58 bits per heavy atom. The fourth-order valence-electron chi connectivity index (χ4n) is 3.43. The zero-order chi connectivity index (χ0) is 18.3. The number of hydrogen-bond donors (Lipinski definition) is 0. The Balaban J connectivity index is 2.55. The van der Waals surface area contributed by atoms with Gasteiger partial charge in [-0.2, -0.15) is 0 Å². The van der Waals surface area contributed by atoms with E-state index in [1.807, 2.05) is 6.92 Å². The third kappa shape index (κ3) is 6.23. The molecule has 0 amide bonds. The van der Waals surface area contributed by atoms with E-state index in [1.54, 1.807) is 17.2 Å². The van der Waals surface area contributed by atoms with Crippen LogP contribution in [0.3, 0.4) is 0 Å². The molecule has 1 unspecified atom stereocenters. The van der Waals surface area contributed by atoms with Gasteiger partial charge in [0.15, 0.2) is 0 Å². The Labute approximate surface area is 156 Å². The van der Waals surface area contributed by atoms with E-state index in [-0.39, 0.29) is 11.4 Å². The average Bonchev–Trinajstić information content (AvgIpc) is 2.50. The van der Waals surface area contributed by atoms with E-state index in [9.17, 15) is 4.79 Å².